The molecule has 1 rings (SSSR count). The van der Waals surface area contributed by atoms with Crippen molar-refractivity contribution in [3.8, 4) is 0 Å². The molecule has 0 aromatic carbocycles. The monoisotopic (exact) mass is 214 g/mol. The molecule has 0 saturated carbocycles. The lowest BCUT2D eigenvalue weighted by Gasteiger charge is -2.20. The Balaban J connectivity index is 2.33. The van der Waals surface area contributed by atoms with Crippen LogP contribution in [0.3, 0.4) is 0 Å². The number of carbonyl (C=O) groups is 2. The van der Waals surface area contributed by atoms with Crippen LogP contribution in [0.1, 0.15) is 19.3 Å². The fourth-order valence-electron chi connectivity index (χ4n) is 1.76. The van der Waals surface area contributed by atoms with Crippen molar-refractivity contribution in [1.82, 2.24) is 9.80 Å². The molecule has 1 N–H and O–H groups in total. The van der Waals surface area contributed by atoms with Crippen LogP contribution < -0.4 is 0 Å². The Labute approximate surface area is 89.7 Å². The molecule has 0 aliphatic carbocycles. The fourth-order valence-corrected chi connectivity index (χ4v) is 1.76. The van der Waals surface area contributed by atoms with E-state index in [1.165, 1.54) is 0 Å². The summed E-state index contributed by atoms with van der Waals surface area (Å²) in [6.07, 6.45) is 1.03. The minimum Gasteiger partial charge on any atom is -0.481 e. The predicted octanol–water partition coefficient (Wildman–Crippen LogP) is 0.0137. The Morgan fingerprint density at radius 2 is 2.07 bits per heavy atom. The smallest absolute Gasteiger partial charge is 0.303 e. The zero-order valence-electron chi connectivity index (χ0n) is 9.27. The van der Waals surface area contributed by atoms with E-state index < -0.39 is 5.97 Å². The Kier molecular flexibility index (Phi) is 4.08. The summed E-state index contributed by atoms with van der Waals surface area (Å²) in [4.78, 5) is 25.7. The van der Waals surface area contributed by atoms with E-state index in [-0.39, 0.29) is 18.7 Å². The third-order valence-corrected chi connectivity index (χ3v) is 2.80. The normalized spacial score (nSPS) is 21.0. The topological polar surface area (TPSA) is 60.9 Å². The van der Waals surface area contributed by atoms with Gasteiger partial charge in [-0.1, -0.05) is 0 Å². The molecule has 1 unspecified atom stereocenters. The number of rotatable bonds is 4. The molecule has 1 fully saturated rings. The van der Waals surface area contributed by atoms with Crippen LogP contribution in [-0.4, -0.2) is 60.0 Å². The van der Waals surface area contributed by atoms with Crippen molar-refractivity contribution in [3.63, 3.8) is 0 Å². The van der Waals surface area contributed by atoms with Crippen LogP contribution in [0.15, 0.2) is 0 Å². The Bertz CT molecular complexity index is 253. The van der Waals surface area contributed by atoms with Gasteiger partial charge in [0.2, 0.25) is 5.91 Å². The molecule has 0 radical (unpaired) electrons. The lowest BCUT2D eigenvalue weighted by molar-refractivity contribution is -0.140. The van der Waals surface area contributed by atoms with Gasteiger partial charge in [-0.25, -0.2) is 0 Å². The van der Waals surface area contributed by atoms with E-state index in [2.05, 4.69) is 4.90 Å². The number of hydrogen-bond donors (Lipinski definition) is 1. The molecular weight excluding hydrogens is 196 g/mol. The Morgan fingerprint density at radius 3 is 2.53 bits per heavy atom. The fraction of sp³-hybridized carbons (Fsp3) is 0.800. The second kappa shape index (κ2) is 5.11. The third kappa shape index (κ3) is 3.51. The minimum atomic E-state index is -0.910. The summed E-state index contributed by atoms with van der Waals surface area (Å²) in [6.45, 7) is 1.48. The molecule has 0 aromatic rings. The summed E-state index contributed by atoms with van der Waals surface area (Å²) in [7, 11) is 3.99. The zero-order valence-corrected chi connectivity index (χ0v) is 9.27. The molecule has 1 saturated heterocycles. The zero-order chi connectivity index (χ0) is 11.4. The van der Waals surface area contributed by atoms with Crippen molar-refractivity contribution >= 4 is 11.9 Å². The average Bonchev–Trinajstić information content (AvgIpc) is 2.62. The Morgan fingerprint density at radius 1 is 1.40 bits per heavy atom. The van der Waals surface area contributed by atoms with Gasteiger partial charge in [0.15, 0.2) is 0 Å². The van der Waals surface area contributed by atoms with Gasteiger partial charge in [0.25, 0.3) is 0 Å². The minimum absolute atomic E-state index is 0.0400. The van der Waals surface area contributed by atoms with Gasteiger partial charge in [-0.2, -0.15) is 0 Å². The van der Waals surface area contributed by atoms with E-state index in [0.717, 1.165) is 19.5 Å². The van der Waals surface area contributed by atoms with Crippen molar-refractivity contribution < 1.29 is 14.7 Å². The number of likely N-dealkylation sites (tertiary alicyclic amines) is 1. The van der Waals surface area contributed by atoms with Gasteiger partial charge < -0.3 is 14.9 Å². The van der Waals surface area contributed by atoms with Crippen molar-refractivity contribution in [3.05, 3.63) is 0 Å². The van der Waals surface area contributed by atoms with Crippen LogP contribution in [0.2, 0.25) is 0 Å². The highest BCUT2D eigenvalue weighted by Gasteiger charge is 2.27. The number of aliphatic carboxylic acids is 1. The quantitative estimate of drug-likeness (QED) is 0.716. The van der Waals surface area contributed by atoms with E-state index in [0.29, 0.717) is 6.04 Å². The summed E-state index contributed by atoms with van der Waals surface area (Å²) in [5, 5.41) is 8.47. The lowest BCUT2D eigenvalue weighted by Crippen LogP contribution is -2.34. The summed E-state index contributed by atoms with van der Waals surface area (Å²) >= 11 is 0. The van der Waals surface area contributed by atoms with Gasteiger partial charge in [0.1, 0.15) is 0 Å². The first-order valence-corrected chi connectivity index (χ1v) is 5.16. The van der Waals surface area contributed by atoms with Gasteiger partial charge in [-0.15, -0.1) is 0 Å². The third-order valence-electron chi connectivity index (χ3n) is 2.80. The highest BCUT2D eigenvalue weighted by molar-refractivity contribution is 5.80. The van der Waals surface area contributed by atoms with E-state index in [1.807, 2.05) is 14.1 Å². The molecule has 1 heterocycles. The van der Waals surface area contributed by atoms with Crippen LogP contribution in [0.4, 0.5) is 0 Å². The molecular formula is C10H18N2O3. The average molecular weight is 214 g/mol. The maximum absolute atomic E-state index is 11.6. The molecule has 15 heavy (non-hydrogen) atoms. The SMILES string of the molecule is CN(C)C1CCN(C(=O)CCC(=O)O)C1. The van der Waals surface area contributed by atoms with Crippen molar-refractivity contribution in [1.29, 1.82) is 0 Å². The van der Waals surface area contributed by atoms with Crippen LogP contribution in [0, 0.1) is 0 Å². The highest BCUT2D eigenvalue weighted by atomic mass is 16.4. The number of hydrogen-bond acceptors (Lipinski definition) is 3. The number of carboxylic acid groups (broad SMARTS) is 1. The van der Waals surface area contributed by atoms with E-state index in [4.69, 9.17) is 5.11 Å². The van der Waals surface area contributed by atoms with Crippen molar-refractivity contribution in [2.24, 2.45) is 0 Å². The molecule has 0 spiro atoms. The summed E-state index contributed by atoms with van der Waals surface area (Å²) in [5.41, 5.74) is 0. The summed E-state index contributed by atoms with van der Waals surface area (Å²) in [5.74, 6) is -0.951. The number of likely N-dealkylation sites (N-methyl/N-ethyl adjacent to an activating group) is 1. The number of nitrogens with zero attached hydrogens (tertiary/aromatic N) is 2. The Hall–Kier alpha value is -1.10. The molecule has 86 valence electrons. The van der Waals surface area contributed by atoms with Gasteiger partial charge in [0.05, 0.1) is 6.42 Å². The molecule has 1 amide bonds. The number of amides is 1. The van der Waals surface area contributed by atoms with Crippen molar-refractivity contribution in [2.45, 2.75) is 25.3 Å². The lowest BCUT2D eigenvalue weighted by atomic mass is 10.2. The predicted molar refractivity (Wildman–Crippen MR) is 55.5 cm³/mol. The maximum atomic E-state index is 11.6. The largest absolute Gasteiger partial charge is 0.481 e. The first-order chi connectivity index (χ1) is 7.00. The highest BCUT2D eigenvalue weighted by Crippen LogP contribution is 2.14. The van der Waals surface area contributed by atoms with Gasteiger partial charge in [0, 0.05) is 25.6 Å². The number of carbonyl (C=O) groups excluding carboxylic acids is 1. The van der Waals surface area contributed by atoms with Crippen LogP contribution in [-0.2, 0) is 9.59 Å². The standard InChI is InChI=1S/C10H18N2O3/c1-11(2)8-5-6-12(7-8)9(13)3-4-10(14)15/h8H,3-7H2,1-2H3,(H,14,15). The van der Waals surface area contributed by atoms with Crippen molar-refractivity contribution in [2.75, 3.05) is 27.2 Å². The first-order valence-electron chi connectivity index (χ1n) is 5.16. The van der Waals surface area contributed by atoms with Gasteiger partial charge in [-0.05, 0) is 20.5 Å². The van der Waals surface area contributed by atoms with E-state index in [9.17, 15) is 9.59 Å². The maximum Gasteiger partial charge on any atom is 0.303 e. The molecule has 1 aliphatic rings. The summed E-state index contributed by atoms with van der Waals surface area (Å²) in [6, 6.07) is 0.416. The molecule has 1 atom stereocenters. The second-order valence-corrected chi connectivity index (χ2v) is 4.14. The van der Waals surface area contributed by atoms with Crippen LogP contribution in [0.25, 0.3) is 0 Å². The van der Waals surface area contributed by atoms with Gasteiger partial charge >= 0.3 is 5.97 Å². The second-order valence-electron chi connectivity index (χ2n) is 4.14. The number of carboxylic acids is 1. The van der Waals surface area contributed by atoms with E-state index >= 15 is 0 Å². The molecule has 0 bridgehead atoms. The van der Waals surface area contributed by atoms with Gasteiger partial charge in [-0.3, -0.25) is 9.59 Å². The van der Waals surface area contributed by atoms with E-state index in [1.54, 1.807) is 4.90 Å². The summed E-state index contributed by atoms with van der Waals surface area (Å²) < 4.78 is 0. The molecule has 5 heteroatoms. The first kappa shape index (κ1) is 12.0. The molecule has 0 aromatic heterocycles. The molecule has 1 aliphatic heterocycles. The molecule has 5 nitrogen and oxygen atoms in total. The van der Waals surface area contributed by atoms with Crippen LogP contribution >= 0.6 is 0 Å². The van der Waals surface area contributed by atoms with Crippen LogP contribution in [0.5, 0.6) is 0 Å².